The molecule has 1 aliphatic carbocycles. The highest BCUT2D eigenvalue weighted by Gasteiger charge is 2.28. The van der Waals surface area contributed by atoms with Gasteiger partial charge in [0.1, 0.15) is 6.20 Å². The third kappa shape index (κ3) is 4.03. The molecule has 1 aliphatic rings. The Labute approximate surface area is 124 Å². The van der Waals surface area contributed by atoms with Crippen LogP contribution in [0.25, 0.3) is 0 Å². The van der Waals surface area contributed by atoms with Crippen molar-refractivity contribution in [3.63, 3.8) is 0 Å². The smallest absolute Gasteiger partial charge is 0.329 e. The van der Waals surface area contributed by atoms with Crippen molar-refractivity contribution in [1.29, 1.82) is 0 Å². The van der Waals surface area contributed by atoms with E-state index in [2.05, 4.69) is 27.5 Å². The van der Waals surface area contributed by atoms with Crippen molar-refractivity contribution >= 4 is 17.5 Å². The standard InChI is InChI=1S/C14H23N5O2/c1-3-15-13-16-9-11(19(20)21)12(18-13)17-10-14(2)7-5-4-6-8-14/h9H,3-8,10H2,1-2H3,(H2,15,16,17,18). The van der Waals surface area contributed by atoms with Gasteiger partial charge in [0.05, 0.1) is 4.92 Å². The number of anilines is 2. The number of nitrogens with one attached hydrogen (secondary N) is 2. The summed E-state index contributed by atoms with van der Waals surface area (Å²) in [5.41, 5.74) is 0.117. The number of hydrogen-bond donors (Lipinski definition) is 2. The number of nitrogens with zero attached hydrogens (tertiary/aromatic N) is 3. The van der Waals surface area contributed by atoms with Crippen LogP contribution in [0.2, 0.25) is 0 Å². The fourth-order valence-electron chi connectivity index (χ4n) is 2.76. The normalized spacial score (nSPS) is 17.2. The lowest BCUT2D eigenvalue weighted by Gasteiger charge is -2.33. The zero-order valence-corrected chi connectivity index (χ0v) is 12.7. The van der Waals surface area contributed by atoms with Gasteiger partial charge in [-0.1, -0.05) is 26.2 Å². The minimum absolute atomic E-state index is 0.0731. The second kappa shape index (κ2) is 6.69. The first kappa shape index (κ1) is 15.5. The van der Waals surface area contributed by atoms with Gasteiger partial charge in [-0.3, -0.25) is 10.1 Å². The van der Waals surface area contributed by atoms with Crippen LogP contribution in [-0.2, 0) is 0 Å². The zero-order valence-electron chi connectivity index (χ0n) is 12.7. The number of nitro groups is 1. The van der Waals surface area contributed by atoms with Crippen molar-refractivity contribution < 1.29 is 4.92 Å². The van der Waals surface area contributed by atoms with Crippen LogP contribution >= 0.6 is 0 Å². The van der Waals surface area contributed by atoms with E-state index in [0.29, 0.717) is 24.9 Å². The molecule has 0 aromatic carbocycles. The molecule has 0 amide bonds. The Bertz CT molecular complexity index is 500. The number of hydrogen-bond acceptors (Lipinski definition) is 6. The first-order valence-electron chi connectivity index (χ1n) is 7.53. The molecule has 0 saturated heterocycles. The highest BCUT2D eigenvalue weighted by atomic mass is 16.6. The molecule has 1 fully saturated rings. The van der Waals surface area contributed by atoms with Gasteiger partial charge in [-0.05, 0) is 25.2 Å². The van der Waals surface area contributed by atoms with E-state index >= 15 is 0 Å². The molecule has 0 aliphatic heterocycles. The summed E-state index contributed by atoms with van der Waals surface area (Å²) in [6, 6.07) is 0. The van der Waals surface area contributed by atoms with Crippen molar-refractivity contribution in [2.24, 2.45) is 5.41 Å². The SMILES string of the molecule is CCNc1ncc([N+](=O)[O-])c(NCC2(C)CCCCC2)n1. The molecule has 0 bridgehead atoms. The Morgan fingerprint density at radius 1 is 1.33 bits per heavy atom. The molecule has 0 spiro atoms. The Morgan fingerprint density at radius 3 is 2.67 bits per heavy atom. The minimum Gasteiger partial charge on any atom is -0.364 e. The van der Waals surface area contributed by atoms with Gasteiger partial charge in [-0.15, -0.1) is 0 Å². The van der Waals surface area contributed by atoms with Gasteiger partial charge in [-0.2, -0.15) is 4.98 Å². The van der Waals surface area contributed by atoms with Gasteiger partial charge in [0.25, 0.3) is 0 Å². The average molecular weight is 293 g/mol. The molecule has 1 aromatic rings. The third-order valence-corrected chi connectivity index (χ3v) is 4.04. The molecule has 2 rings (SSSR count). The average Bonchev–Trinajstić information content (AvgIpc) is 2.46. The van der Waals surface area contributed by atoms with E-state index in [1.165, 1.54) is 25.5 Å². The van der Waals surface area contributed by atoms with E-state index in [1.54, 1.807) is 0 Å². The summed E-state index contributed by atoms with van der Waals surface area (Å²) in [5, 5.41) is 17.2. The van der Waals surface area contributed by atoms with Crippen LogP contribution in [0.1, 0.15) is 46.0 Å². The van der Waals surface area contributed by atoms with Gasteiger partial charge < -0.3 is 10.6 Å². The number of rotatable bonds is 6. The maximum Gasteiger partial charge on any atom is 0.329 e. The van der Waals surface area contributed by atoms with Gasteiger partial charge in [0, 0.05) is 13.1 Å². The third-order valence-electron chi connectivity index (χ3n) is 4.04. The summed E-state index contributed by atoms with van der Waals surface area (Å²) >= 11 is 0. The summed E-state index contributed by atoms with van der Waals surface area (Å²) in [7, 11) is 0. The predicted molar refractivity (Wildman–Crippen MR) is 82.5 cm³/mol. The van der Waals surface area contributed by atoms with Gasteiger partial charge >= 0.3 is 5.69 Å². The first-order valence-corrected chi connectivity index (χ1v) is 7.53. The Kier molecular flexibility index (Phi) is 4.93. The van der Waals surface area contributed by atoms with Crippen molar-refractivity contribution in [3.8, 4) is 0 Å². The monoisotopic (exact) mass is 293 g/mol. The van der Waals surface area contributed by atoms with Crippen LogP contribution < -0.4 is 10.6 Å². The van der Waals surface area contributed by atoms with E-state index in [9.17, 15) is 10.1 Å². The summed E-state index contributed by atoms with van der Waals surface area (Å²) in [6.45, 7) is 5.55. The van der Waals surface area contributed by atoms with Crippen LogP contribution in [0.3, 0.4) is 0 Å². The molecule has 0 atom stereocenters. The Balaban J connectivity index is 2.12. The molecule has 21 heavy (non-hydrogen) atoms. The number of aromatic nitrogens is 2. The molecular weight excluding hydrogens is 270 g/mol. The quantitative estimate of drug-likeness (QED) is 0.618. The van der Waals surface area contributed by atoms with E-state index in [4.69, 9.17) is 0 Å². The molecule has 7 nitrogen and oxygen atoms in total. The van der Waals surface area contributed by atoms with Crippen molar-refractivity contribution in [3.05, 3.63) is 16.3 Å². The lowest BCUT2D eigenvalue weighted by molar-refractivity contribution is -0.384. The zero-order chi connectivity index (χ0) is 15.3. The van der Waals surface area contributed by atoms with E-state index in [-0.39, 0.29) is 11.1 Å². The minimum atomic E-state index is -0.443. The Morgan fingerprint density at radius 2 is 2.05 bits per heavy atom. The largest absolute Gasteiger partial charge is 0.364 e. The highest BCUT2D eigenvalue weighted by Crippen LogP contribution is 2.36. The van der Waals surface area contributed by atoms with Gasteiger partial charge in [0.2, 0.25) is 11.8 Å². The molecule has 1 saturated carbocycles. The van der Waals surface area contributed by atoms with Crippen molar-refractivity contribution in [2.75, 3.05) is 23.7 Å². The second-order valence-electron chi connectivity index (χ2n) is 5.94. The molecule has 116 valence electrons. The van der Waals surface area contributed by atoms with Crippen LogP contribution in [-0.4, -0.2) is 28.0 Å². The molecule has 2 N–H and O–H groups in total. The lowest BCUT2D eigenvalue weighted by atomic mass is 9.76. The highest BCUT2D eigenvalue weighted by molar-refractivity contribution is 5.57. The lowest BCUT2D eigenvalue weighted by Crippen LogP contribution is -2.29. The maximum atomic E-state index is 11.1. The van der Waals surface area contributed by atoms with E-state index < -0.39 is 4.92 Å². The van der Waals surface area contributed by atoms with Gasteiger partial charge in [0.15, 0.2) is 0 Å². The molecule has 1 heterocycles. The predicted octanol–water partition coefficient (Wildman–Crippen LogP) is 3.20. The summed E-state index contributed by atoms with van der Waals surface area (Å²) < 4.78 is 0. The van der Waals surface area contributed by atoms with Crippen LogP contribution in [0.15, 0.2) is 6.20 Å². The van der Waals surface area contributed by atoms with Crippen LogP contribution in [0, 0.1) is 15.5 Å². The fourth-order valence-corrected chi connectivity index (χ4v) is 2.76. The van der Waals surface area contributed by atoms with Crippen LogP contribution in [0.4, 0.5) is 17.5 Å². The van der Waals surface area contributed by atoms with E-state index in [0.717, 1.165) is 12.8 Å². The Hall–Kier alpha value is -1.92. The maximum absolute atomic E-state index is 11.1. The van der Waals surface area contributed by atoms with Gasteiger partial charge in [-0.25, -0.2) is 4.98 Å². The van der Waals surface area contributed by atoms with Crippen molar-refractivity contribution in [1.82, 2.24) is 9.97 Å². The van der Waals surface area contributed by atoms with Crippen molar-refractivity contribution in [2.45, 2.75) is 46.0 Å². The summed E-state index contributed by atoms with van der Waals surface area (Å²) in [6.07, 6.45) is 7.31. The topological polar surface area (TPSA) is 93.0 Å². The molecule has 1 aromatic heterocycles. The van der Waals surface area contributed by atoms with Crippen LogP contribution in [0.5, 0.6) is 0 Å². The van der Waals surface area contributed by atoms with E-state index in [1.807, 2.05) is 6.92 Å². The molecular formula is C14H23N5O2. The molecule has 7 heteroatoms. The molecule has 0 radical (unpaired) electrons. The summed E-state index contributed by atoms with van der Waals surface area (Å²) in [5.74, 6) is 0.720. The molecule has 0 unspecified atom stereocenters. The second-order valence-corrected chi connectivity index (χ2v) is 5.94. The fraction of sp³-hybridized carbons (Fsp3) is 0.714. The first-order chi connectivity index (χ1) is 10.0. The summed E-state index contributed by atoms with van der Waals surface area (Å²) in [4.78, 5) is 18.8.